The molecule has 2 aromatic carbocycles. The smallest absolute Gasteiger partial charge is 0.119 e. The van der Waals surface area contributed by atoms with Gasteiger partial charge in [0.15, 0.2) is 0 Å². The van der Waals surface area contributed by atoms with Crippen molar-refractivity contribution in [3.05, 3.63) is 65.2 Å². The second-order valence-electron chi connectivity index (χ2n) is 7.87. The van der Waals surface area contributed by atoms with E-state index < -0.39 is 0 Å². The molecule has 1 aliphatic carbocycles. The van der Waals surface area contributed by atoms with E-state index in [1.807, 2.05) is 24.3 Å². The SMILES string of the molecule is CCC#CCC1CCC(c2ccc(C#Cc3ccc(OCCC)cc3)cc2)CC1. The Morgan fingerprint density at radius 1 is 0.793 bits per heavy atom. The van der Waals surface area contributed by atoms with Crippen molar-refractivity contribution in [2.45, 2.75) is 64.7 Å². The van der Waals surface area contributed by atoms with E-state index in [0.717, 1.165) is 48.7 Å². The summed E-state index contributed by atoms with van der Waals surface area (Å²) in [5, 5.41) is 0. The molecule has 0 N–H and O–H groups in total. The Labute approximate surface area is 176 Å². The van der Waals surface area contributed by atoms with E-state index in [0.29, 0.717) is 5.92 Å². The van der Waals surface area contributed by atoms with Crippen LogP contribution in [-0.4, -0.2) is 6.61 Å². The lowest BCUT2D eigenvalue weighted by Crippen LogP contribution is -2.12. The molecule has 0 aromatic heterocycles. The second-order valence-corrected chi connectivity index (χ2v) is 7.87. The summed E-state index contributed by atoms with van der Waals surface area (Å²) in [7, 11) is 0. The first-order chi connectivity index (χ1) is 14.3. The molecule has 3 rings (SSSR count). The maximum absolute atomic E-state index is 5.62. The molecule has 1 heteroatoms. The van der Waals surface area contributed by atoms with Crippen LogP contribution in [0.5, 0.6) is 5.75 Å². The number of rotatable bonds is 5. The molecule has 0 saturated heterocycles. The van der Waals surface area contributed by atoms with E-state index in [4.69, 9.17) is 4.74 Å². The van der Waals surface area contributed by atoms with E-state index in [2.05, 4.69) is 61.8 Å². The predicted molar refractivity (Wildman–Crippen MR) is 122 cm³/mol. The summed E-state index contributed by atoms with van der Waals surface area (Å²) in [4.78, 5) is 0. The third-order valence-electron chi connectivity index (χ3n) is 5.60. The highest BCUT2D eigenvalue weighted by Crippen LogP contribution is 2.36. The molecule has 1 aliphatic rings. The van der Waals surface area contributed by atoms with Crippen LogP contribution in [0.2, 0.25) is 0 Å². The van der Waals surface area contributed by atoms with E-state index in [9.17, 15) is 0 Å². The Balaban J connectivity index is 1.53. The minimum absolute atomic E-state index is 0.697. The highest BCUT2D eigenvalue weighted by molar-refractivity contribution is 5.45. The van der Waals surface area contributed by atoms with Crippen LogP contribution in [0.3, 0.4) is 0 Å². The number of hydrogen-bond acceptors (Lipinski definition) is 1. The van der Waals surface area contributed by atoms with Gasteiger partial charge in [-0.15, -0.1) is 11.8 Å². The lowest BCUT2D eigenvalue weighted by atomic mass is 9.77. The average Bonchev–Trinajstić information content (AvgIpc) is 2.78. The van der Waals surface area contributed by atoms with Gasteiger partial charge in [-0.3, -0.25) is 0 Å². The summed E-state index contributed by atoms with van der Waals surface area (Å²) in [6, 6.07) is 16.9. The van der Waals surface area contributed by atoms with Crippen molar-refractivity contribution < 1.29 is 4.74 Å². The van der Waals surface area contributed by atoms with E-state index in [1.54, 1.807) is 0 Å². The lowest BCUT2D eigenvalue weighted by molar-refractivity contribution is 0.317. The zero-order valence-electron chi connectivity index (χ0n) is 17.8. The first kappa shape index (κ1) is 21.1. The minimum Gasteiger partial charge on any atom is -0.494 e. The molecule has 0 radical (unpaired) electrons. The summed E-state index contributed by atoms with van der Waals surface area (Å²) in [5.41, 5.74) is 3.55. The van der Waals surface area contributed by atoms with Gasteiger partial charge in [0.2, 0.25) is 0 Å². The van der Waals surface area contributed by atoms with Crippen molar-refractivity contribution >= 4 is 0 Å². The Kier molecular flexibility index (Phi) is 8.27. The van der Waals surface area contributed by atoms with Crippen LogP contribution in [0, 0.1) is 29.6 Å². The van der Waals surface area contributed by atoms with Gasteiger partial charge in [-0.25, -0.2) is 0 Å². The van der Waals surface area contributed by atoms with Gasteiger partial charge in [0, 0.05) is 24.0 Å². The fraction of sp³-hybridized carbons (Fsp3) is 0.429. The Morgan fingerprint density at radius 2 is 1.41 bits per heavy atom. The molecule has 0 spiro atoms. The molecular weight excluding hydrogens is 352 g/mol. The monoisotopic (exact) mass is 384 g/mol. The maximum atomic E-state index is 5.62. The molecule has 0 unspecified atom stereocenters. The highest BCUT2D eigenvalue weighted by atomic mass is 16.5. The van der Waals surface area contributed by atoms with Gasteiger partial charge >= 0.3 is 0 Å². The topological polar surface area (TPSA) is 9.23 Å². The average molecular weight is 385 g/mol. The first-order valence-electron chi connectivity index (χ1n) is 11.1. The fourth-order valence-corrected chi connectivity index (χ4v) is 3.88. The largest absolute Gasteiger partial charge is 0.494 e. The standard InChI is InChI=1S/C28H32O/c1-3-5-6-7-23-10-16-26(17-11-23)27-18-12-24(13-19-27)8-9-25-14-20-28(21-15-25)29-22-4-2/h12-15,18-21,23,26H,3-4,7,10-11,16-17,22H2,1-2H3. The van der Waals surface area contributed by atoms with Crippen LogP contribution in [-0.2, 0) is 0 Å². The van der Waals surface area contributed by atoms with Gasteiger partial charge < -0.3 is 4.74 Å². The molecule has 1 fully saturated rings. The number of benzene rings is 2. The molecule has 0 amide bonds. The number of hydrogen-bond donors (Lipinski definition) is 0. The summed E-state index contributed by atoms with van der Waals surface area (Å²) in [5.74, 6) is 15.5. The van der Waals surface area contributed by atoms with Gasteiger partial charge in [0.1, 0.15) is 5.75 Å². The van der Waals surface area contributed by atoms with Crippen molar-refractivity contribution in [3.63, 3.8) is 0 Å². The third-order valence-corrected chi connectivity index (χ3v) is 5.60. The fourth-order valence-electron chi connectivity index (χ4n) is 3.88. The molecule has 0 atom stereocenters. The van der Waals surface area contributed by atoms with Crippen LogP contribution in [0.15, 0.2) is 48.5 Å². The van der Waals surface area contributed by atoms with E-state index in [-0.39, 0.29) is 0 Å². The Morgan fingerprint density at radius 3 is 2.00 bits per heavy atom. The molecule has 1 nitrogen and oxygen atoms in total. The van der Waals surface area contributed by atoms with Crippen LogP contribution in [0.25, 0.3) is 0 Å². The zero-order valence-corrected chi connectivity index (χ0v) is 17.8. The van der Waals surface area contributed by atoms with Gasteiger partial charge in [0.25, 0.3) is 0 Å². The molecule has 150 valence electrons. The quantitative estimate of drug-likeness (QED) is 0.507. The lowest BCUT2D eigenvalue weighted by Gasteiger charge is -2.27. The van der Waals surface area contributed by atoms with E-state index >= 15 is 0 Å². The molecular formula is C28H32O. The van der Waals surface area contributed by atoms with Gasteiger partial charge in [-0.1, -0.05) is 37.8 Å². The third kappa shape index (κ3) is 6.73. The molecule has 29 heavy (non-hydrogen) atoms. The van der Waals surface area contributed by atoms with Crippen LogP contribution in [0.1, 0.15) is 81.4 Å². The highest BCUT2D eigenvalue weighted by Gasteiger charge is 2.21. The molecule has 0 heterocycles. The van der Waals surface area contributed by atoms with Crippen molar-refractivity contribution in [1.29, 1.82) is 0 Å². The van der Waals surface area contributed by atoms with Crippen LogP contribution >= 0.6 is 0 Å². The van der Waals surface area contributed by atoms with Crippen LogP contribution in [0.4, 0.5) is 0 Å². The van der Waals surface area contributed by atoms with Crippen LogP contribution < -0.4 is 4.74 Å². The van der Waals surface area contributed by atoms with Crippen molar-refractivity contribution in [2.75, 3.05) is 6.61 Å². The molecule has 0 bridgehead atoms. The molecule has 1 saturated carbocycles. The van der Waals surface area contributed by atoms with E-state index in [1.165, 1.54) is 31.2 Å². The molecule has 0 aliphatic heterocycles. The first-order valence-corrected chi connectivity index (χ1v) is 11.1. The summed E-state index contributed by atoms with van der Waals surface area (Å²) in [6.07, 6.45) is 8.27. The summed E-state index contributed by atoms with van der Waals surface area (Å²) in [6.45, 7) is 4.99. The Bertz CT molecular complexity index is 860. The minimum atomic E-state index is 0.697. The predicted octanol–water partition coefficient (Wildman–Crippen LogP) is 6.95. The van der Waals surface area contributed by atoms with Gasteiger partial charge in [-0.2, -0.15) is 0 Å². The molecule has 2 aromatic rings. The van der Waals surface area contributed by atoms with Gasteiger partial charge in [-0.05, 0) is 85.9 Å². The maximum Gasteiger partial charge on any atom is 0.119 e. The Hall–Kier alpha value is -2.64. The van der Waals surface area contributed by atoms with Crippen molar-refractivity contribution in [3.8, 4) is 29.4 Å². The van der Waals surface area contributed by atoms with Crippen molar-refractivity contribution in [1.82, 2.24) is 0 Å². The normalized spacial score (nSPS) is 18.1. The summed E-state index contributed by atoms with van der Waals surface area (Å²) >= 11 is 0. The second kappa shape index (κ2) is 11.4. The van der Waals surface area contributed by atoms with Gasteiger partial charge in [0.05, 0.1) is 6.61 Å². The zero-order chi connectivity index (χ0) is 20.3. The van der Waals surface area contributed by atoms with Crippen molar-refractivity contribution in [2.24, 2.45) is 5.92 Å². The summed E-state index contributed by atoms with van der Waals surface area (Å²) < 4.78 is 5.62. The number of ether oxygens (including phenoxy) is 1.